The molecule has 0 spiro atoms. The molecule has 0 heterocycles. The van der Waals surface area contributed by atoms with E-state index in [0.717, 1.165) is 0 Å². The van der Waals surface area contributed by atoms with Crippen LogP contribution in [0.3, 0.4) is 0 Å². The number of benzene rings is 1. The highest BCUT2D eigenvalue weighted by atomic mass is 14.5. The van der Waals surface area contributed by atoms with Crippen LogP contribution in [0.25, 0.3) is 5.57 Å². The molecular formula is C13H19N. The average molecular weight is 189 g/mol. The van der Waals surface area contributed by atoms with Crippen LogP contribution < -0.4 is 5.73 Å². The van der Waals surface area contributed by atoms with E-state index in [4.69, 9.17) is 5.73 Å². The number of hydrogen-bond donors (Lipinski definition) is 1. The van der Waals surface area contributed by atoms with E-state index in [2.05, 4.69) is 51.1 Å². The van der Waals surface area contributed by atoms with E-state index in [9.17, 15) is 0 Å². The maximum absolute atomic E-state index is 5.57. The smallest absolute Gasteiger partial charge is 0.0112 e. The van der Waals surface area contributed by atoms with Crippen LogP contribution in [0.4, 0.5) is 0 Å². The van der Waals surface area contributed by atoms with E-state index < -0.39 is 0 Å². The summed E-state index contributed by atoms with van der Waals surface area (Å²) in [6, 6.07) is 8.57. The molecule has 0 bridgehead atoms. The molecule has 0 saturated heterocycles. The van der Waals surface area contributed by atoms with Gasteiger partial charge in [0.15, 0.2) is 0 Å². The molecule has 2 N–H and O–H groups in total. The predicted octanol–water partition coefficient (Wildman–Crippen LogP) is 2.99. The third-order valence-corrected chi connectivity index (χ3v) is 2.31. The Bertz CT molecular complexity index is 324. The highest BCUT2D eigenvalue weighted by molar-refractivity contribution is 5.67. The van der Waals surface area contributed by atoms with Crippen molar-refractivity contribution in [2.45, 2.75) is 20.8 Å². The lowest BCUT2D eigenvalue weighted by Crippen LogP contribution is -2.00. The summed E-state index contributed by atoms with van der Waals surface area (Å²) in [6.45, 7) is 7.12. The second kappa shape index (κ2) is 4.97. The molecule has 0 aliphatic rings. The van der Waals surface area contributed by atoms with Gasteiger partial charge in [0, 0.05) is 6.54 Å². The van der Waals surface area contributed by atoms with Crippen molar-refractivity contribution >= 4 is 5.57 Å². The molecule has 0 aliphatic heterocycles. The van der Waals surface area contributed by atoms with Crippen molar-refractivity contribution in [3.63, 3.8) is 0 Å². The summed E-state index contributed by atoms with van der Waals surface area (Å²) in [5.41, 5.74) is 9.50. The van der Waals surface area contributed by atoms with E-state index >= 15 is 0 Å². The van der Waals surface area contributed by atoms with Crippen molar-refractivity contribution in [1.29, 1.82) is 0 Å². The van der Waals surface area contributed by atoms with Gasteiger partial charge in [-0.2, -0.15) is 0 Å². The van der Waals surface area contributed by atoms with Gasteiger partial charge in [-0.3, -0.25) is 0 Å². The van der Waals surface area contributed by atoms with Crippen LogP contribution in [0.5, 0.6) is 0 Å². The van der Waals surface area contributed by atoms with Gasteiger partial charge in [-0.25, -0.2) is 0 Å². The molecule has 0 amide bonds. The summed E-state index contributed by atoms with van der Waals surface area (Å²) in [4.78, 5) is 0. The maximum atomic E-state index is 5.57. The van der Waals surface area contributed by atoms with Crippen LogP contribution in [0, 0.1) is 12.8 Å². The van der Waals surface area contributed by atoms with Crippen molar-refractivity contribution in [2.24, 2.45) is 11.7 Å². The molecule has 0 saturated carbocycles. The first kappa shape index (κ1) is 11.0. The molecule has 1 aromatic rings. The number of allylic oxidation sites excluding steroid dienone is 1. The largest absolute Gasteiger partial charge is 0.327 e. The van der Waals surface area contributed by atoms with Crippen LogP contribution in [-0.4, -0.2) is 6.54 Å². The Balaban J connectivity index is 3.06. The highest BCUT2D eigenvalue weighted by Gasteiger charge is 2.05. The molecule has 0 atom stereocenters. The van der Waals surface area contributed by atoms with Crippen molar-refractivity contribution in [1.82, 2.24) is 0 Å². The van der Waals surface area contributed by atoms with Gasteiger partial charge in [-0.05, 0) is 24.0 Å². The zero-order chi connectivity index (χ0) is 10.6. The van der Waals surface area contributed by atoms with Gasteiger partial charge in [-0.15, -0.1) is 0 Å². The fourth-order valence-electron chi connectivity index (χ4n) is 1.64. The SMILES string of the molecule is Cc1cccc(/C(=C\CN)C(C)C)c1. The molecule has 1 nitrogen and oxygen atoms in total. The topological polar surface area (TPSA) is 26.0 Å². The second-order valence-corrected chi connectivity index (χ2v) is 3.92. The van der Waals surface area contributed by atoms with Crippen LogP contribution in [-0.2, 0) is 0 Å². The molecule has 0 radical (unpaired) electrons. The van der Waals surface area contributed by atoms with Gasteiger partial charge in [0.25, 0.3) is 0 Å². The first-order chi connectivity index (χ1) is 6.65. The molecular weight excluding hydrogens is 170 g/mol. The molecule has 0 fully saturated rings. The van der Waals surface area contributed by atoms with Crippen LogP contribution in [0.2, 0.25) is 0 Å². The van der Waals surface area contributed by atoms with E-state index in [0.29, 0.717) is 12.5 Å². The van der Waals surface area contributed by atoms with Gasteiger partial charge in [0.05, 0.1) is 0 Å². The number of hydrogen-bond acceptors (Lipinski definition) is 1. The number of aryl methyl sites for hydroxylation is 1. The summed E-state index contributed by atoms with van der Waals surface area (Å²) in [5.74, 6) is 0.528. The quantitative estimate of drug-likeness (QED) is 0.777. The monoisotopic (exact) mass is 189 g/mol. The van der Waals surface area contributed by atoms with Crippen LogP contribution in [0.15, 0.2) is 30.3 Å². The molecule has 0 aliphatic carbocycles. The summed E-state index contributed by atoms with van der Waals surface area (Å²) < 4.78 is 0. The molecule has 1 heteroatoms. The average Bonchev–Trinajstić information content (AvgIpc) is 2.13. The van der Waals surface area contributed by atoms with Crippen molar-refractivity contribution in [3.8, 4) is 0 Å². The fraction of sp³-hybridized carbons (Fsp3) is 0.385. The highest BCUT2D eigenvalue weighted by Crippen LogP contribution is 2.23. The van der Waals surface area contributed by atoms with Gasteiger partial charge in [-0.1, -0.05) is 49.8 Å². The van der Waals surface area contributed by atoms with Gasteiger partial charge in [0.1, 0.15) is 0 Å². The maximum Gasteiger partial charge on any atom is 0.0112 e. The zero-order valence-corrected chi connectivity index (χ0v) is 9.25. The molecule has 0 aromatic heterocycles. The minimum Gasteiger partial charge on any atom is -0.327 e. The predicted molar refractivity (Wildman–Crippen MR) is 63.0 cm³/mol. The lowest BCUT2D eigenvalue weighted by atomic mass is 9.94. The number of nitrogens with two attached hydrogens (primary N) is 1. The van der Waals surface area contributed by atoms with Crippen LogP contribution >= 0.6 is 0 Å². The summed E-state index contributed by atoms with van der Waals surface area (Å²) >= 11 is 0. The van der Waals surface area contributed by atoms with E-state index in [1.165, 1.54) is 16.7 Å². The molecule has 1 aromatic carbocycles. The van der Waals surface area contributed by atoms with Gasteiger partial charge < -0.3 is 5.73 Å². The Kier molecular flexibility index (Phi) is 3.90. The lowest BCUT2D eigenvalue weighted by Gasteiger charge is -2.12. The molecule has 76 valence electrons. The first-order valence-corrected chi connectivity index (χ1v) is 5.12. The van der Waals surface area contributed by atoms with E-state index in [1.54, 1.807) is 0 Å². The molecule has 0 unspecified atom stereocenters. The Morgan fingerprint density at radius 3 is 2.64 bits per heavy atom. The minimum absolute atomic E-state index is 0.528. The third kappa shape index (κ3) is 2.71. The lowest BCUT2D eigenvalue weighted by molar-refractivity contribution is 0.851. The van der Waals surface area contributed by atoms with Gasteiger partial charge >= 0.3 is 0 Å². The van der Waals surface area contributed by atoms with Crippen molar-refractivity contribution < 1.29 is 0 Å². The van der Waals surface area contributed by atoms with Crippen molar-refractivity contribution in [2.75, 3.05) is 6.54 Å². The third-order valence-electron chi connectivity index (χ3n) is 2.31. The van der Waals surface area contributed by atoms with Gasteiger partial charge in [0.2, 0.25) is 0 Å². The Morgan fingerprint density at radius 2 is 2.14 bits per heavy atom. The standard InChI is InChI=1S/C13H19N/c1-10(2)13(7-8-14)12-6-4-5-11(3)9-12/h4-7,9-10H,8,14H2,1-3H3/b13-7-. The minimum atomic E-state index is 0.528. The number of rotatable bonds is 3. The van der Waals surface area contributed by atoms with E-state index in [-0.39, 0.29) is 0 Å². The Labute approximate surface area is 86.6 Å². The second-order valence-electron chi connectivity index (χ2n) is 3.92. The zero-order valence-electron chi connectivity index (χ0n) is 9.25. The summed E-state index contributed by atoms with van der Waals surface area (Å²) in [6.07, 6.45) is 2.11. The Morgan fingerprint density at radius 1 is 1.43 bits per heavy atom. The summed E-state index contributed by atoms with van der Waals surface area (Å²) in [5, 5.41) is 0. The van der Waals surface area contributed by atoms with E-state index in [1.807, 2.05) is 0 Å². The summed E-state index contributed by atoms with van der Waals surface area (Å²) in [7, 11) is 0. The van der Waals surface area contributed by atoms with Crippen molar-refractivity contribution in [3.05, 3.63) is 41.5 Å². The Hall–Kier alpha value is -1.08. The normalized spacial score (nSPS) is 12.2. The molecule has 1 rings (SSSR count). The fourth-order valence-corrected chi connectivity index (χ4v) is 1.64. The molecule has 14 heavy (non-hydrogen) atoms. The van der Waals surface area contributed by atoms with Crippen LogP contribution in [0.1, 0.15) is 25.0 Å². The first-order valence-electron chi connectivity index (χ1n) is 5.12.